The van der Waals surface area contributed by atoms with Gasteiger partial charge in [0.05, 0.1) is 19.3 Å². The third-order valence-electron chi connectivity index (χ3n) is 3.33. The predicted molar refractivity (Wildman–Crippen MR) is 84.5 cm³/mol. The van der Waals surface area contributed by atoms with Gasteiger partial charge in [0.2, 0.25) is 5.91 Å². The van der Waals surface area contributed by atoms with Gasteiger partial charge in [0, 0.05) is 24.1 Å². The zero-order valence-electron chi connectivity index (χ0n) is 12.2. The van der Waals surface area contributed by atoms with Crippen LogP contribution in [0.5, 0.6) is 5.75 Å². The summed E-state index contributed by atoms with van der Waals surface area (Å²) >= 11 is 3.38. The van der Waals surface area contributed by atoms with Crippen LogP contribution in [0.3, 0.4) is 0 Å². The average Bonchev–Trinajstić information content (AvgIpc) is 2.53. The molecule has 21 heavy (non-hydrogen) atoms. The number of hydrogen-bond acceptors (Lipinski definition) is 4. The van der Waals surface area contributed by atoms with E-state index in [-0.39, 0.29) is 11.9 Å². The Morgan fingerprint density at radius 2 is 2.05 bits per heavy atom. The summed E-state index contributed by atoms with van der Waals surface area (Å²) in [6.07, 6.45) is 0. The Kier molecular flexibility index (Phi) is 6.48. The second-order valence-corrected chi connectivity index (χ2v) is 5.83. The average molecular weight is 357 g/mol. The summed E-state index contributed by atoms with van der Waals surface area (Å²) in [6.45, 7) is 5.67. The minimum absolute atomic E-state index is 0.127. The zero-order chi connectivity index (χ0) is 15.1. The molecule has 1 aliphatic heterocycles. The third-order valence-corrected chi connectivity index (χ3v) is 3.86. The van der Waals surface area contributed by atoms with Crippen molar-refractivity contribution in [2.45, 2.75) is 13.0 Å². The van der Waals surface area contributed by atoms with E-state index in [1.54, 1.807) is 0 Å². The molecule has 0 aliphatic carbocycles. The van der Waals surface area contributed by atoms with E-state index >= 15 is 0 Å². The standard InChI is InChI=1S/C15H21BrN2O3/c1-12(15(19)18-7-10-20-11-8-18)17-6-9-21-14-4-2-13(16)3-5-14/h2-5,12,17H,6-11H2,1H3. The first-order chi connectivity index (χ1) is 10.2. The van der Waals surface area contributed by atoms with E-state index < -0.39 is 0 Å². The van der Waals surface area contributed by atoms with E-state index in [1.807, 2.05) is 36.1 Å². The van der Waals surface area contributed by atoms with Crippen molar-refractivity contribution in [3.8, 4) is 5.75 Å². The first-order valence-corrected chi connectivity index (χ1v) is 7.94. The second kappa shape index (κ2) is 8.36. The smallest absolute Gasteiger partial charge is 0.239 e. The maximum Gasteiger partial charge on any atom is 0.239 e. The van der Waals surface area contributed by atoms with Crippen molar-refractivity contribution >= 4 is 21.8 Å². The molecule has 5 nitrogen and oxygen atoms in total. The Balaban J connectivity index is 1.65. The Morgan fingerprint density at radius 1 is 1.38 bits per heavy atom. The lowest BCUT2D eigenvalue weighted by molar-refractivity contribution is -0.137. The zero-order valence-corrected chi connectivity index (χ0v) is 13.8. The molecule has 1 aliphatic rings. The highest BCUT2D eigenvalue weighted by Crippen LogP contribution is 2.15. The van der Waals surface area contributed by atoms with Crippen LogP contribution in [0, 0.1) is 0 Å². The SMILES string of the molecule is CC(NCCOc1ccc(Br)cc1)C(=O)N1CCOCC1. The Hall–Kier alpha value is -1.11. The minimum Gasteiger partial charge on any atom is -0.492 e. The van der Waals surface area contributed by atoms with Crippen LogP contribution in [0.4, 0.5) is 0 Å². The Bertz CT molecular complexity index is 447. The van der Waals surface area contributed by atoms with E-state index in [0.717, 1.165) is 10.2 Å². The second-order valence-electron chi connectivity index (χ2n) is 4.92. The molecule has 1 heterocycles. The number of ether oxygens (including phenoxy) is 2. The van der Waals surface area contributed by atoms with Crippen molar-refractivity contribution in [3.05, 3.63) is 28.7 Å². The molecule has 1 saturated heterocycles. The quantitative estimate of drug-likeness (QED) is 0.787. The lowest BCUT2D eigenvalue weighted by Gasteiger charge is -2.29. The topological polar surface area (TPSA) is 50.8 Å². The molecule has 0 aromatic heterocycles. The van der Waals surface area contributed by atoms with Gasteiger partial charge in [-0.25, -0.2) is 0 Å². The van der Waals surface area contributed by atoms with Crippen LogP contribution < -0.4 is 10.1 Å². The first-order valence-electron chi connectivity index (χ1n) is 7.15. The normalized spacial score (nSPS) is 16.6. The molecule has 0 radical (unpaired) electrons. The molecule has 1 aromatic rings. The summed E-state index contributed by atoms with van der Waals surface area (Å²) in [7, 11) is 0. The minimum atomic E-state index is -0.198. The van der Waals surface area contributed by atoms with Crippen LogP contribution in [0.2, 0.25) is 0 Å². The molecule has 0 spiro atoms. The summed E-state index contributed by atoms with van der Waals surface area (Å²) in [4.78, 5) is 14.0. The maximum absolute atomic E-state index is 12.2. The van der Waals surface area contributed by atoms with Crippen molar-refractivity contribution in [1.29, 1.82) is 0 Å². The molecule has 116 valence electrons. The maximum atomic E-state index is 12.2. The van der Waals surface area contributed by atoms with Gasteiger partial charge in [0.25, 0.3) is 0 Å². The van der Waals surface area contributed by atoms with Crippen molar-refractivity contribution in [2.75, 3.05) is 39.5 Å². The molecule has 1 N–H and O–H groups in total. The fourth-order valence-electron chi connectivity index (χ4n) is 2.12. The molecule has 2 rings (SSSR count). The summed E-state index contributed by atoms with van der Waals surface area (Å²) in [5, 5.41) is 3.20. The molecule has 1 unspecified atom stereocenters. The number of carbonyl (C=O) groups is 1. The Labute approximate surface area is 133 Å². The Morgan fingerprint density at radius 3 is 2.71 bits per heavy atom. The predicted octanol–water partition coefficient (Wildman–Crippen LogP) is 1.66. The lowest BCUT2D eigenvalue weighted by atomic mass is 10.2. The van der Waals surface area contributed by atoms with E-state index in [2.05, 4.69) is 21.2 Å². The van der Waals surface area contributed by atoms with E-state index in [0.29, 0.717) is 39.5 Å². The largest absolute Gasteiger partial charge is 0.492 e. The summed E-state index contributed by atoms with van der Waals surface area (Å²) in [6, 6.07) is 7.50. The van der Waals surface area contributed by atoms with Gasteiger partial charge in [-0.3, -0.25) is 4.79 Å². The van der Waals surface area contributed by atoms with E-state index in [9.17, 15) is 4.79 Å². The molecule has 1 atom stereocenters. The van der Waals surface area contributed by atoms with E-state index in [1.165, 1.54) is 0 Å². The molecule has 1 amide bonds. The third kappa shape index (κ3) is 5.30. The van der Waals surface area contributed by atoms with Crippen molar-refractivity contribution < 1.29 is 14.3 Å². The summed E-state index contributed by atoms with van der Waals surface area (Å²) in [5.41, 5.74) is 0. The van der Waals surface area contributed by atoms with Crippen LogP contribution in [0.1, 0.15) is 6.92 Å². The van der Waals surface area contributed by atoms with Crippen LogP contribution >= 0.6 is 15.9 Å². The number of nitrogens with zero attached hydrogens (tertiary/aromatic N) is 1. The molecular weight excluding hydrogens is 336 g/mol. The fraction of sp³-hybridized carbons (Fsp3) is 0.533. The molecule has 0 bridgehead atoms. The molecule has 0 saturated carbocycles. The van der Waals surface area contributed by atoms with Gasteiger partial charge in [-0.1, -0.05) is 15.9 Å². The van der Waals surface area contributed by atoms with Crippen LogP contribution in [0.25, 0.3) is 0 Å². The van der Waals surface area contributed by atoms with Crippen LogP contribution in [-0.2, 0) is 9.53 Å². The highest BCUT2D eigenvalue weighted by molar-refractivity contribution is 9.10. The van der Waals surface area contributed by atoms with Crippen LogP contribution in [-0.4, -0.2) is 56.3 Å². The number of nitrogens with one attached hydrogen (secondary N) is 1. The molecular formula is C15H21BrN2O3. The first kappa shape index (κ1) is 16.3. The van der Waals surface area contributed by atoms with Crippen molar-refractivity contribution in [2.24, 2.45) is 0 Å². The fourth-order valence-corrected chi connectivity index (χ4v) is 2.38. The monoisotopic (exact) mass is 356 g/mol. The van der Waals surface area contributed by atoms with Gasteiger partial charge < -0.3 is 19.7 Å². The van der Waals surface area contributed by atoms with Gasteiger partial charge in [0.15, 0.2) is 0 Å². The van der Waals surface area contributed by atoms with Gasteiger partial charge in [0.1, 0.15) is 12.4 Å². The summed E-state index contributed by atoms with van der Waals surface area (Å²) < 4.78 is 11.9. The molecule has 6 heteroatoms. The van der Waals surface area contributed by atoms with Gasteiger partial charge in [-0.2, -0.15) is 0 Å². The number of halogens is 1. The van der Waals surface area contributed by atoms with Gasteiger partial charge in [-0.05, 0) is 31.2 Å². The van der Waals surface area contributed by atoms with Gasteiger partial charge >= 0.3 is 0 Å². The summed E-state index contributed by atoms with van der Waals surface area (Å²) in [5.74, 6) is 0.953. The number of hydrogen-bond donors (Lipinski definition) is 1. The number of rotatable bonds is 6. The van der Waals surface area contributed by atoms with E-state index in [4.69, 9.17) is 9.47 Å². The highest BCUT2D eigenvalue weighted by atomic mass is 79.9. The van der Waals surface area contributed by atoms with Gasteiger partial charge in [-0.15, -0.1) is 0 Å². The van der Waals surface area contributed by atoms with Crippen molar-refractivity contribution in [3.63, 3.8) is 0 Å². The van der Waals surface area contributed by atoms with Crippen molar-refractivity contribution in [1.82, 2.24) is 10.2 Å². The highest BCUT2D eigenvalue weighted by Gasteiger charge is 2.21. The molecule has 1 aromatic carbocycles. The number of amides is 1. The number of carbonyl (C=O) groups excluding carboxylic acids is 1. The number of morpholine rings is 1. The number of benzene rings is 1. The lowest BCUT2D eigenvalue weighted by Crippen LogP contribution is -2.49. The van der Waals surface area contributed by atoms with Crippen LogP contribution in [0.15, 0.2) is 28.7 Å². The molecule has 1 fully saturated rings.